The quantitative estimate of drug-likeness (QED) is 0.156. The van der Waals surface area contributed by atoms with Crippen molar-refractivity contribution in [1.82, 2.24) is 10.2 Å². The summed E-state index contributed by atoms with van der Waals surface area (Å²) in [4.78, 5) is 29.7. The molecule has 0 bridgehead atoms. The van der Waals surface area contributed by atoms with Crippen LogP contribution >= 0.6 is 39.1 Å². The van der Waals surface area contributed by atoms with E-state index in [1.807, 2.05) is 68.4 Å². The van der Waals surface area contributed by atoms with Gasteiger partial charge in [0.2, 0.25) is 11.8 Å². The smallest absolute Gasteiger partial charge is 0.264 e. The molecule has 0 saturated heterocycles. The summed E-state index contributed by atoms with van der Waals surface area (Å²) in [7, 11) is -4.26. The van der Waals surface area contributed by atoms with Gasteiger partial charge in [-0.1, -0.05) is 102 Å². The molecule has 0 spiro atoms. The molecule has 0 aliphatic carbocycles. The van der Waals surface area contributed by atoms with Gasteiger partial charge in [0.1, 0.15) is 12.6 Å². The van der Waals surface area contributed by atoms with Crippen LogP contribution in [0.4, 0.5) is 5.69 Å². The maximum Gasteiger partial charge on any atom is 0.264 e. The van der Waals surface area contributed by atoms with E-state index < -0.39 is 28.5 Å². The first-order chi connectivity index (χ1) is 21.4. The summed E-state index contributed by atoms with van der Waals surface area (Å²) < 4.78 is 30.0. The number of hydrogen-bond acceptors (Lipinski definition) is 4. The molecular formula is C34H34BrCl2N3O4S. The van der Waals surface area contributed by atoms with Gasteiger partial charge in [0.15, 0.2) is 0 Å². The lowest BCUT2D eigenvalue weighted by atomic mass is 10.0. The molecule has 0 fully saturated rings. The van der Waals surface area contributed by atoms with Gasteiger partial charge in [-0.05, 0) is 71.6 Å². The number of benzene rings is 4. The number of anilines is 1. The molecule has 45 heavy (non-hydrogen) atoms. The molecular weight excluding hydrogens is 697 g/mol. The zero-order valence-electron chi connectivity index (χ0n) is 24.9. The largest absolute Gasteiger partial charge is 0.354 e. The fourth-order valence-corrected chi connectivity index (χ4v) is 6.64. The van der Waals surface area contributed by atoms with Crippen molar-refractivity contribution in [1.29, 1.82) is 0 Å². The van der Waals surface area contributed by atoms with Crippen LogP contribution in [-0.4, -0.2) is 44.3 Å². The Hall–Kier alpha value is -3.37. The number of nitrogens with zero attached hydrogens (tertiary/aromatic N) is 2. The minimum Gasteiger partial charge on any atom is -0.354 e. The molecule has 236 valence electrons. The Labute approximate surface area is 283 Å². The first-order valence-electron chi connectivity index (χ1n) is 14.3. The van der Waals surface area contributed by atoms with Gasteiger partial charge in [0, 0.05) is 34.0 Å². The highest BCUT2D eigenvalue weighted by Crippen LogP contribution is 2.28. The summed E-state index contributed by atoms with van der Waals surface area (Å²) in [6.07, 6.45) is 0.230. The van der Waals surface area contributed by atoms with E-state index in [0.29, 0.717) is 16.6 Å². The lowest BCUT2D eigenvalue weighted by Crippen LogP contribution is -2.53. The maximum atomic E-state index is 14.5. The molecule has 7 nitrogen and oxygen atoms in total. The van der Waals surface area contributed by atoms with Crippen LogP contribution in [0, 0.1) is 5.92 Å². The van der Waals surface area contributed by atoms with Crippen LogP contribution in [0.3, 0.4) is 0 Å². The van der Waals surface area contributed by atoms with E-state index >= 15 is 0 Å². The van der Waals surface area contributed by atoms with Crippen molar-refractivity contribution in [3.05, 3.63) is 129 Å². The van der Waals surface area contributed by atoms with E-state index in [9.17, 15) is 18.0 Å². The van der Waals surface area contributed by atoms with Crippen LogP contribution in [0.5, 0.6) is 0 Å². The standard InChI is InChI=1S/C34H34BrCl2N3O4S/c1-24(2)21-38-34(42)32(19-25-7-4-3-5-8-25)39(22-26-11-13-27(35)14-12-26)33(41)23-40(30-10-6-9-29(37)20-30)45(43,44)31-17-15-28(36)16-18-31/h3-18,20,24,32H,19,21-23H2,1-2H3,(H,38,42). The molecule has 1 unspecified atom stereocenters. The van der Waals surface area contributed by atoms with Gasteiger partial charge >= 0.3 is 0 Å². The third-order valence-corrected chi connectivity index (χ3v) is 9.80. The van der Waals surface area contributed by atoms with E-state index in [1.165, 1.54) is 35.2 Å². The molecule has 0 heterocycles. The molecule has 0 aliphatic rings. The molecule has 0 saturated carbocycles. The van der Waals surface area contributed by atoms with E-state index in [4.69, 9.17) is 23.2 Å². The monoisotopic (exact) mass is 729 g/mol. The summed E-state index contributed by atoms with van der Waals surface area (Å²) in [5, 5.41) is 3.66. The molecule has 1 N–H and O–H groups in total. The average molecular weight is 732 g/mol. The summed E-state index contributed by atoms with van der Waals surface area (Å²) >= 11 is 15.8. The molecule has 11 heteroatoms. The van der Waals surface area contributed by atoms with E-state index in [-0.39, 0.29) is 35.4 Å². The lowest BCUT2D eigenvalue weighted by Gasteiger charge is -2.34. The van der Waals surface area contributed by atoms with Crippen molar-refractivity contribution in [3.8, 4) is 0 Å². The summed E-state index contributed by atoms with van der Waals surface area (Å²) in [6, 6.07) is 27.9. The number of halogens is 3. The molecule has 0 aliphatic heterocycles. The van der Waals surface area contributed by atoms with Crippen LogP contribution in [0.25, 0.3) is 0 Å². The summed E-state index contributed by atoms with van der Waals surface area (Å²) in [5.41, 5.74) is 1.84. The number of carbonyl (C=O) groups excluding carboxylic acids is 2. The molecule has 4 rings (SSSR count). The lowest BCUT2D eigenvalue weighted by molar-refractivity contribution is -0.140. The molecule has 4 aromatic rings. The number of hydrogen-bond donors (Lipinski definition) is 1. The summed E-state index contributed by atoms with van der Waals surface area (Å²) in [5.74, 6) is -0.700. The molecule has 0 radical (unpaired) electrons. The molecule has 0 aromatic heterocycles. The third kappa shape index (κ3) is 9.56. The number of nitrogens with one attached hydrogen (secondary N) is 1. The number of rotatable bonds is 13. The average Bonchev–Trinajstić information content (AvgIpc) is 3.01. The Morgan fingerprint density at radius 1 is 0.822 bits per heavy atom. The zero-order valence-corrected chi connectivity index (χ0v) is 28.8. The minimum absolute atomic E-state index is 0.0466. The van der Waals surface area contributed by atoms with Crippen LogP contribution < -0.4 is 9.62 Å². The first kappa shape index (κ1) is 34.5. The first-order valence-corrected chi connectivity index (χ1v) is 17.3. The second kappa shape index (κ2) is 15.8. The Balaban J connectivity index is 1.79. The van der Waals surface area contributed by atoms with E-state index in [0.717, 1.165) is 19.9 Å². The normalized spacial score (nSPS) is 12.0. The Bertz CT molecular complexity index is 1700. The topological polar surface area (TPSA) is 86.8 Å². The van der Waals surface area contributed by atoms with Crippen LogP contribution in [0.2, 0.25) is 10.0 Å². The van der Waals surface area contributed by atoms with Crippen molar-refractivity contribution >= 4 is 66.7 Å². The zero-order chi connectivity index (χ0) is 32.6. The van der Waals surface area contributed by atoms with Crippen molar-refractivity contribution in [2.45, 2.75) is 37.8 Å². The third-order valence-electron chi connectivity index (χ3n) is 7.00. The molecule has 4 aromatic carbocycles. The van der Waals surface area contributed by atoms with Crippen molar-refractivity contribution in [3.63, 3.8) is 0 Å². The predicted octanol–water partition coefficient (Wildman–Crippen LogP) is 7.36. The highest BCUT2D eigenvalue weighted by Gasteiger charge is 2.34. The van der Waals surface area contributed by atoms with Crippen LogP contribution in [0.15, 0.2) is 112 Å². The van der Waals surface area contributed by atoms with Gasteiger partial charge in [-0.25, -0.2) is 8.42 Å². The van der Waals surface area contributed by atoms with E-state index in [2.05, 4.69) is 21.2 Å². The molecule has 2 amide bonds. The van der Waals surface area contributed by atoms with Gasteiger partial charge < -0.3 is 10.2 Å². The number of amides is 2. The van der Waals surface area contributed by atoms with Crippen molar-refractivity contribution in [2.24, 2.45) is 5.92 Å². The summed E-state index contributed by atoms with van der Waals surface area (Å²) in [6.45, 7) is 3.89. The van der Waals surface area contributed by atoms with Crippen LogP contribution in [0.1, 0.15) is 25.0 Å². The second-order valence-corrected chi connectivity index (χ2v) is 14.6. The van der Waals surface area contributed by atoms with Crippen LogP contribution in [-0.2, 0) is 32.6 Å². The fraction of sp³-hybridized carbons (Fsp3) is 0.235. The van der Waals surface area contributed by atoms with Crippen molar-refractivity contribution in [2.75, 3.05) is 17.4 Å². The van der Waals surface area contributed by atoms with Gasteiger partial charge in [-0.3, -0.25) is 13.9 Å². The number of sulfonamides is 1. The Morgan fingerprint density at radius 2 is 1.49 bits per heavy atom. The molecule has 1 atom stereocenters. The van der Waals surface area contributed by atoms with Gasteiger partial charge in [-0.15, -0.1) is 0 Å². The fourth-order valence-electron chi connectivity index (χ4n) is 4.66. The van der Waals surface area contributed by atoms with Gasteiger partial charge in [0.05, 0.1) is 10.6 Å². The SMILES string of the molecule is CC(C)CNC(=O)C(Cc1ccccc1)N(Cc1ccc(Br)cc1)C(=O)CN(c1cccc(Cl)c1)S(=O)(=O)c1ccc(Cl)cc1. The Morgan fingerprint density at radius 3 is 2.11 bits per heavy atom. The number of carbonyl (C=O) groups is 2. The second-order valence-electron chi connectivity index (χ2n) is 10.9. The van der Waals surface area contributed by atoms with E-state index in [1.54, 1.807) is 18.2 Å². The highest BCUT2D eigenvalue weighted by atomic mass is 79.9. The van der Waals surface area contributed by atoms with Gasteiger partial charge in [0.25, 0.3) is 10.0 Å². The highest BCUT2D eigenvalue weighted by molar-refractivity contribution is 9.10. The maximum absolute atomic E-state index is 14.5. The Kier molecular flexibility index (Phi) is 12.1. The van der Waals surface area contributed by atoms with Gasteiger partial charge in [-0.2, -0.15) is 0 Å². The predicted molar refractivity (Wildman–Crippen MR) is 184 cm³/mol. The van der Waals surface area contributed by atoms with Crippen molar-refractivity contribution < 1.29 is 18.0 Å². The minimum atomic E-state index is -4.26.